The molecule has 2 nitrogen and oxygen atoms in total. The predicted molar refractivity (Wildman–Crippen MR) is 59.5 cm³/mol. The van der Waals surface area contributed by atoms with Gasteiger partial charge in [0.25, 0.3) is 0 Å². The van der Waals surface area contributed by atoms with Crippen molar-refractivity contribution in [1.29, 1.82) is 0 Å². The van der Waals surface area contributed by atoms with Crippen LogP contribution in [0.4, 0.5) is 4.39 Å². The molecular formula is C11H15ClFNO. The highest BCUT2D eigenvalue weighted by Gasteiger charge is 2.16. The lowest BCUT2D eigenvalue weighted by molar-refractivity contribution is 0.137. The largest absolute Gasteiger partial charge is 0.387 e. The number of halogens is 2. The first kappa shape index (κ1) is 12.4. The Hall–Kier alpha value is -0.640. The number of hydrogen-bond donors (Lipinski definition) is 2. The molecule has 0 spiro atoms. The maximum atomic E-state index is 13.0. The van der Waals surface area contributed by atoms with Gasteiger partial charge in [-0.25, -0.2) is 4.39 Å². The summed E-state index contributed by atoms with van der Waals surface area (Å²) < 4.78 is 13.0. The number of likely N-dealkylation sites (N-methyl/N-ethyl adjacent to an activating group) is 1. The third-order valence-corrected chi connectivity index (χ3v) is 2.44. The minimum Gasteiger partial charge on any atom is -0.387 e. The van der Waals surface area contributed by atoms with Crippen LogP contribution in [0.1, 0.15) is 25.5 Å². The van der Waals surface area contributed by atoms with E-state index in [9.17, 15) is 9.50 Å². The molecule has 0 saturated heterocycles. The highest BCUT2D eigenvalue weighted by atomic mass is 35.5. The topological polar surface area (TPSA) is 32.3 Å². The van der Waals surface area contributed by atoms with Crippen molar-refractivity contribution >= 4 is 11.6 Å². The summed E-state index contributed by atoms with van der Waals surface area (Å²) in [4.78, 5) is 0. The Kier molecular flexibility index (Phi) is 4.51. The Bertz CT molecular complexity index is 312. The summed E-state index contributed by atoms with van der Waals surface area (Å²) in [5.74, 6) is -0.430. The van der Waals surface area contributed by atoms with Gasteiger partial charge in [0, 0.05) is 11.1 Å². The number of rotatable bonds is 4. The van der Waals surface area contributed by atoms with Gasteiger partial charge < -0.3 is 10.4 Å². The van der Waals surface area contributed by atoms with Gasteiger partial charge in [-0.05, 0) is 37.2 Å². The quantitative estimate of drug-likeness (QED) is 0.835. The summed E-state index contributed by atoms with van der Waals surface area (Å²) in [6, 6.07) is 3.95. The number of hydrogen-bond acceptors (Lipinski definition) is 2. The summed E-state index contributed by atoms with van der Waals surface area (Å²) >= 11 is 5.70. The molecule has 1 aromatic carbocycles. The van der Waals surface area contributed by atoms with Crippen LogP contribution >= 0.6 is 11.6 Å². The summed E-state index contributed by atoms with van der Waals surface area (Å²) in [6.45, 7) is 4.54. The van der Waals surface area contributed by atoms with Crippen molar-refractivity contribution in [2.45, 2.75) is 26.0 Å². The molecule has 0 aliphatic carbocycles. The summed E-state index contributed by atoms with van der Waals surface area (Å²) in [7, 11) is 0. The molecule has 0 bridgehead atoms. The standard InChI is InChI=1S/C11H15ClFNO/c1-3-14-7(2)11(15)8-4-9(12)6-10(13)5-8/h4-7,11,14-15H,3H2,1-2H3. The minimum absolute atomic E-state index is 0.132. The van der Waals surface area contributed by atoms with Gasteiger partial charge in [-0.1, -0.05) is 18.5 Å². The van der Waals surface area contributed by atoms with Crippen molar-refractivity contribution in [3.8, 4) is 0 Å². The van der Waals surface area contributed by atoms with E-state index in [0.29, 0.717) is 10.6 Å². The lowest BCUT2D eigenvalue weighted by Crippen LogP contribution is -2.31. The zero-order valence-corrected chi connectivity index (χ0v) is 9.55. The van der Waals surface area contributed by atoms with Crippen LogP contribution in [-0.2, 0) is 0 Å². The van der Waals surface area contributed by atoms with E-state index in [-0.39, 0.29) is 6.04 Å². The summed E-state index contributed by atoms with van der Waals surface area (Å²) in [5, 5.41) is 13.2. The van der Waals surface area contributed by atoms with Crippen LogP contribution in [0, 0.1) is 5.82 Å². The van der Waals surface area contributed by atoms with Crippen LogP contribution in [0.15, 0.2) is 18.2 Å². The monoisotopic (exact) mass is 231 g/mol. The van der Waals surface area contributed by atoms with Crippen LogP contribution < -0.4 is 5.32 Å². The van der Waals surface area contributed by atoms with Crippen molar-refractivity contribution < 1.29 is 9.50 Å². The van der Waals surface area contributed by atoms with Crippen molar-refractivity contribution in [3.05, 3.63) is 34.6 Å². The Morgan fingerprint density at radius 3 is 2.67 bits per heavy atom. The van der Waals surface area contributed by atoms with E-state index in [1.807, 2.05) is 13.8 Å². The van der Waals surface area contributed by atoms with Crippen molar-refractivity contribution in [1.82, 2.24) is 5.32 Å². The second kappa shape index (κ2) is 5.45. The zero-order chi connectivity index (χ0) is 11.4. The molecule has 2 atom stereocenters. The fourth-order valence-electron chi connectivity index (χ4n) is 1.47. The summed E-state index contributed by atoms with van der Waals surface area (Å²) in [5.41, 5.74) is 0.494. The molecule has 1 rings (SSSR count). The smallest absolute Gasteiger partial charge is 0.125 e. The molecule has 2 N–H and O–H groups in total. The zero-order valence-electron chi connectivity index (χ0n) is 8.80. The van der Waals surface area contributed by atoms with Crippen LogP contribution in [-0.4, -0.2) is 17.7 Å². The van der Waals surface area contributed by atoms with E-state index in [0.717, 1.165) is 6.54 Å². The number of aliphatic hydroxyl groups is 1. The maximum absolute atomic E-state index is 13.0. The number of aliphatic hydroxyl groups excluding tert-OH is 1. The normalized spacial score (nSPS) is 15.0. The highest BCUT2D eigenvalue weighted by molar-refractivity contribution is 6.30. The fourth-order valence-corrected chi connectivity index (χ4v) is 1.70. The van der Waals surface area contributed by atoms with E-state index in [1.54, 1.807) is 6.07 Å². The molecule has 4 heteroatoms. The lowest BCUT2D eigenvalue weighted by Gasteiger charge is -2.20. The van der Waals surface area contributed by atoms with E-state index in [2.05, 4.69) is 5.32 Å². The Labute approximate surface area is 94.1 Å². The van der Waals surface area contributed by atoms with Crippen LogP contribution in [0.5, 0.6) is 0 Å². The first-order chi connectivity index (χ1) is 7.04. The van der Waals surface area contributed by atoms with Gasteiger partial charge in [0.2, 0.25) is 0 Å². The van der Waals surface area contributed by atoms with E-state index >= 15 is 0 Å². The fraction of sp³-hybridized carbons (Fsp3) is 0.455. The third kappa shape index (κ3) is 3.45. The molecule has 15 heavy (non-hydrogen) atoms. The van der Waals surface area contributed by atoms with Gasteiger partial charge in [-0.3, -0.25) is 0 Å². The second-order valence-electron chi connectivity index (χ2n) is 3.49. The highest BCUT2D eigenvalue weighted by Crippen LogP contribution is 2.22. The molecule has 0 heterocycles. The minimum atomic E-state index is -0.752. The molecule has 0 saturated carbocycles. The molecule has 0 aromatic heterocycles. The van der Waals surface area contributed by atoms with Crippen molar-refractivity contribution in [3.63, 3.8) is 0 Å². The van der Waals surface area contributed by atoms with E-state index in [1.165, 1.54) is 12.1 Å². The lowest BCUT2D eigenvalue weighted by atomic mass is 10.0. The molecule has 0 aliphatic rings. The van der Waals surface area contributed by atoms with E-state index < -0.39 is 11.9 Å². The average Bonchev–Trinajstić information content (AvgIpc) is 2.15. The molecule has 0 aliphatic heterocycles. The predicted octanol–water partition coefficient (Wildman–Crippen LogP) is 2.51. The van der Waals surface area contributed by atoms with Gasteiger partial charge in [-0.2, -0.15) is 0 Å². The van der Waals surface area contributed by atoms with Crippen LogP contribution in [0.3, 0.4) is 0 Å². The maximum Gasteiger partial charge on any atom is 0.125 e. The Balaban J connectivity index is 2.85. The second-order valence-corrected chi connectivity index (χ2v) is 3.93. The number of nitrogens with one attached hydrogen (secondary N) is 1. The summed E-state index contributed by atoms with van der Waals surface area (Å²) in [6.07, 6.45) is -0.752. The molecule has 0 fully saturated rings. The van der Waals surface area contributed by atoms with E-state index in [4.69, 9.17) is 11.6 Å². The van der Waals surface area contributed by atoms with Crippen LogP contribution in [0.2, 0.25) is 5.02 Å². The Morgan fingerprint density at radius 2 is 2.13 bits per heavy atom. The first-order valence-electron chi connectivity index (χ1n) is 4.92. The average molecular weight is 232 g/mol. The molecule has 1 aromatic rings. The van der Waals surface area contributed by atoms with Crippen LogP contribution in [0.25, 0.3) is 0 Å². The SMILES string of the molecule is CCNC(C)C(O)c1cc(F)cc(Cl)c1. The molecule has 2 unspecified atom stereocenters. The molecule has 84 valence electrons. The third-order valence-electron chi connectivity index (χ3n) is 2.23. The number of benzene rings is 1. The van der Waals surface area contributed by atoms with Gasteiger partial charge in [0.1, 0.15) is 5.82 Å². The van der Waals surface area contributed by atoms with Gasteiger partial charge in [0.15, 0.2) is 0 Å². The molecule has 0 amide bonds. The van der Waals surface area contributed by atoms with Gasteiger partial charge in [-0.15, -0.1) is 0 Å². The van der Waals surface area contributed by atoms with Crippen molar-refractivity contribution in [2.24, 2.45) is 0 Å². The molecule has 0 radical (unpaired) electrons. The van der Waals surface area contributed by atoms with Gasteiger partial charge >= 0.3 is 0 Å². The Morgan fingerprint density at radius 1 is 1.47 bits per heavy atom. The van der Waals surface area contributed by atoms with Crippen molar-refractivity contribution in [2.75, 3.05) is 6.54 Å². The molecular weight excluding hydrogens is 217 g/mol. The van der Waals surface area contributed by atoms with Gasteiger partial charge in [0.05, 0.1) is 6.10 Å². The first-order valence-corrected chi connectivity index (χ1v) is 5.29.